The summed E-state index contributed by atoms with van der Waals surface area (Å²) in [6, 6.07) is 1.83. The van der Waals surface area contributed by atoms with E-state index in [-0.39, 0.29) is 6.10 Å². The Balaban J connectivity index is 1.99. The van der Waals surface area contributed by atoms with Crippen LogP contribution in [0.2, 0.25) is 5.02 Å². The molecule has 1 fully saturated rings. The normalized spacial score (nSPS) is 18.3. The number of ether oxygens (including phenoxy) is 1. The Morgan fingerprint density at radius 1 is 1.47 bits per heavy atom. The third kappa shape index (κ3) is 3.47. The van der Waals surface area contributed by atoms with E-state index in [1.165, 1.54) is 0 Å². The standard InChI is InChI=1S/C12H16Cl2N2O/c1-16-4-2-10(3-5-16)17-12-6-9(7-13)11(14)8-15-12/h6,8,10H,2-5,7H2,1H3. The van der Waals surface area contributed by atoms with Gasteiger partial charge in [-0.2, -0.15) is 0 Å². The van der Waals surface area contributed by atoms with Crippen molar-refractivity contribution in [2.24, 2.45) is 0 Å². The van der Waals surface area contributed by atoms with Crippen LogP contribution in [0, 0.1) is 0 Å². The molecule has 2 heterocycles. The molecule has 94 valence electrons. The maximum absolute atomic E-state index is 5.95. The first kappa shape index (κ1) is 12.9. The molecule has 3 nitrogen and oxygen atoms in total. The largest absolute Gasteiger partial charge is 0.474 e. The van der Waals surface area contributed by atoms with Crippen LogP contribution >= 0.6 is 23.2 Å². The van der Waals surface area contributed by atoms with Crippen molar-refractivity contribution < 1.29 is 4.74 Å². The molecule has 5 heteroatoms. The van der Waals surface area contributed by atoms with E-state index < -0.39 is 0 Å². The Labute approximate surface area is 112 Å². The van der Waals surface area contributed by atoms with Gasteiger partial charge in [-0.3, -0.25) is 0 Å². The second-order valence-electron chi connectivity index (χ2n) is 4.37. The topological polar surface area (TPSA) is 25.4 Å². The molecule has 0 atom stereocenters. The third-order valence-corrected chi connectivity index (χ3v) is 3.63. The van der Waals surface area contributed by atoms with Crippen LogP contribution in [0.1, 0.15) is 18.4 Å². The average molecular weight is 275 g/mol. The zero-order chi connectivity index (χ0) is 12.3. The van der Waals surface area contributed by atoms with Gasteiger partial charge in [0.25, 0.3) is 0 Å². The lowest BCUT2D eigenvalue weighted by Gasteiger charge is -2.29. The van der Waals surface area contributed by atoms with Crippen LogP contribution in [0.4, 0.5) is 0 Å². The van der Waals surface area contributed by atoms with Gasteiger partial charge in [0.15, 0.2) is 0 Å². The molecule has 1 aliphatic rings. The number of halogens is 2. The summed E-state index contributed by atoms with van der Waals surface area (Å²) < 4.78 is 5.85. The van der Waals surface area contributed by atoms with Gasteiger partial charge in [-0.15, -0.1) is 11.6 Å². The lowest BCUT2D eigenvalue weighted by Crippen LogP contribution is -2.35. The zero-order valence-electron chi connectivity index (χ0n) is 9.83. The molecule has 0 bridgehead atoms. The highest BCUT2D eigenvalue weighted by Crippen LogP contribution is 2.23. The molecular weight excluding hydrogens is 259 g/mol. The van der Waals surface area contributed by atoms with E-state index in [0.29, 0.717) is 16.8 Å². The summed E-state index contributed by atoms with van der Waals surface area (Å²) in [5.41, 5.74) is 0.867. The van der Waals surface area contributed by atoms with Crippen LogP contribution in [0.15, 0.2) is 12.3 Å². The van der Waals surface area contributed by atoms with Gasteiger partial charge in [-0.1, -0.05) is 11.6 Å². The van der Waals surface area contributed by atoms with Gasteiger partial charge in [-0.25, -0.2) is 4.98 Å². The molecule has 0 aliphatic carbocycles. The Bertz CT molecular complexity index is 379. The van der Waals surface area contributed by atoms with Crippen molar-refractivity contribution in [3.63, 3.8) is 0 Å². The predicted octanol–water partition coefficient (Wildman–Crippen LogP) is 2.95. The molecule has 0 amide bonds. The van der Waals surface area contributed by atoms with E-state index in [4.69, 9.17) is 27.9 Å². The minimum atomic E-state index is 0.253. The van der Waals surface area contributed by atoms with Crippen molar-refractivity contribution in [1.82, 2.24) is 9.88 Å². The van der Waals surface area contributed by atoms with Crippen molar-refractivity contribution in [1.29, 1.82) is 0 Å². The summed E-state index contributed by atoms with van der Waals surface area (Å²) in [6.45, 7) is 2.14. The van der Waals surface area contributed by atoms with E-state index in [1.54, 1.807) is 6.20 Å². The molecule has 1 saturated heterocycles. The molecule has 0 aromatic carbocycles. The van der Waals surface area contributed by atoms with Crippen molar-refractivity contribution >= 4 is 23.2 Å². The van der Waals surface area contributed by atoms with Crippen LogP contribution in [0.5, 0.6) is 5.88 Å². The van der Waals surface area contributed by atoms with E-state index in [0.717, 1.165) is 31.5 Å². The first-order valence-electron chi connectivity index (χ1n) is 5.74. The Morgan fingerprint density at radius 2 is 2.18 bits per heavy atom. The summed E-state index contributed by atoms with van der Waals surface area (Å²) in [4.78, 5) is 6.48. The minimum Gasteiger partial charge on any atom is -0.474 e. The number of aromatic nitrogens is 1. The number of nitrogens with zero attached hydrogens (tertiary/aromatic N) is 2. The lowest BCUT2D eigenvalue weighted by atomic mass is 10.1. The van der Waals surface area contributed by atoms with E-state index in [9.17, 15) is 0 Å². The summed E-state index contributed by atoms with van der Waals surface area (Å²) in [6.07, 6.45) is 3.93. The number of pyridine rings is 1. The summed E-state index contributed by atoms with van der Waals surface area (Å²) in [5, 5.41) is 0.593. The second-order valence-corrected chi connectivity index (χ2v) is 5.04. The molecule has 17 heavy (non-hydrogen) atoms. The van der Waals surface area contributed by atoms with Crippen LogP contribution in [-0.4, -0.2) is 36.1 Å². The fraction of sp³-hybridized carbons (Fsp3) is 0.583. The molecule has 1 aromatic rings. The molecule has 1 aromatic heterocycles. The van der Waals surface area contributed by atoms with Crippen molar-refractivity contribution in [3.05, 3.63) is 22.8 Å². The highest BCUT2D eigenvalue weighted by atomic mass is 35.5. The molecule has 1 aliphatic heterocycles. The second kappa shape index (κ2) is 5.89. The highest BCUT2D eigenvalue weighted by Gasteiger charge is 2.18. The van der Waals surface area contributed by atoms with Gasteiger partial charge < -0.3 is 9.64 Å². The highest BCUT2D eigenvalue weighted by molar-refractivity contribution is 6.32. The van der Waals surface area contributed by atoms with E-state index >= 15 is 0 Å². The molecule has 0 radical (unpaired) electrons. The van der Waals surface area contributed by atoms with E-state index in [1.807, 2.05) is 6.07 Å². The van der Waals surface area contributed by atoms with Crippen molar-refractivity contribution in [3.8, 4) is 5.88 Å². The maximum Gasteiger partial charge on any atom is 0.213 e. The molecular formula is C12H16Cl2N2O. The van der Waals surface area contributed by atoms with Crippen LogP contribution in [0.3, 0.4) is 0 Å². The zero-order valence-corrected chi connectivity index (χ0v) is 11.3. The van der Waals surface area contributed by atoms with Gasteiger partial charge in [0.05, 0.1) is 5.02 Å². The number of hydrogen-bond acceptors (Lipinski definition) is 3. The Hall–Kier alpha value is -0.510. The minimum absolute atomic E-state index is 0.253. The van der Waals surface area contributed by atoms with Crippen LogP contribution < -0.4 is 4.74 Å². The predicted molar refractivity (Wildman–Crippen MR) is 70.0 cm³/mol. The lowest BCUT2D eigenvalue weighted by molar-refractivity contribution is 0.110. The number of rotatable bonds is 3. The smallest absolute Gasteiger partial charge is 0.213 e. The number of alkyl halides is 1. The Morgan fingerprint density at radius 3 is 2.82 bits per heavy atom. The average Bonchev–Trinajstić information content (AvgIpc) is 2.34. The van der Waals surface area contributed by atoms with Crippen LogP contribution in [0.25, 0.3) is 0 Å². The van der Waals surface area contributed by atoms with Gasteiger partial charge >= 0.3 is 0 Å². The molecule has 0 N–H and O–H groups in total. The van der Waals surface area contributed by atoms with Gasteiger partial charge in [-0.05, 0) is 25.5 Å². The fourth-order valence-corrected chi connectivity index (χ4v) is 2.36. The molecule has 0 saturated carbocycles. The third-order valence-electron chi connectivity index (χ3n) is 3.01. The maximum atomic E-state index is 5.95. The van der Waals surface area contributed by atoms with E-state index in [2.05, 4.69) is 16.9 Å². The number of piperidine rings is 1. The summed E-state index contributed by atoms with van der Waals surface area (Å²) in [5.74, 6) is 1.00. The molecule has 0 spiro atoms. The quantitative estimate of drug-likeness (QED) is 0.793. The van der Waals surface area contributed by atoms with Gasteiger partial charge in [0, 0.05) is 31.2 Å². The monoisotopic (exact) mass is 274 g/mol. The number of hydrogen-bond donors (Lipinski definition) is 0. The fourth-order valence-electron chi connectivity index (χ4n) is 1.90. The van der Waals surface area contributed by atoms with Crippen molar-refractivity contribution in [2.45, 2.75) is 24.8 Å². The van der Waals surface area contributed by atoms with Gasteiger partial charge in [0.1, 0.15) is 6.10 Å². The summed E-state index contributed by atoms with van der Waals surface area (Å²) in [7, 11) is 2.13. The first-order chi connectivity index (χ1) is 8.19. The number of likely N-dealkylation sites (tertiary alicyclic amines) is 1. The van der Waals surface area contributed by atoms with Gasteiger partial charge in [0.2, 0.25) is 5.88 Å². The molecule has 0 unspecified atom stereocenters. The first-order valence-corrected chi connectivity index (χ1v) is 6.66. The SMILES string of the molecule is CN1CCC(Oc2cc(CCl)c(Cl)cn2)CC1. The summed E-state index contributed by atoms with van der Waals surface area (Å²) >= 11 is 11.7. The van der Waals surface area contributed by atoms with Crippen LogP contribution in [-0.2, 0) is 5.88 Å². The molecule has 2 rings (SSSR count). The Kier molecular flexibility index (Phi) is 4.48. The van der Waals surface area contributed by atoms with Crippen molar-refractivity contribution in [2.75, 3.05) is 20.1 Å².